The molecular weight excluding hydrogens is 196 g/mol. The molecule has 2 aliphatic carbocycles. The normalized spacial score (nSPS) is 37.9. The third-order valence-corrected chi connectivity index (χ3v) is 3.87. The topological polar surface area (TPSA) is 63.6 Å². The summed E-state index contributed by atoms with van der Waals surface area (Å²) < 4.78 is 4.92. The van der Waals surface area contributed by atoms with Crippen molar-refractivity contribution in [3.8, 4) is 0 Å². The summed E-state index contributed by atoms with van der Waals surface area (Å²) >= 11 is 0. The highest BCUT2D eigenvalue weighted by molar-refractivity contribution is 6.00. The number of ether oxygens (including phenoxy) is 1. The van der Waals surface area contributed by atoms with E-state index in [1.807, 2.05) is 0 Å². The molecule has 0 saturated heterocycles. The molecule has 0 aliphatic heterocycles. The summed E-state index contributed by atoms with van der Waals surface area (Å²) in [7, 11) is 0. The SMILES string of the molecule is CCOC(=O)C1(C(=O)O)CC2CCC1C2. The number of esters is 1. The highest BCUT2D eigenvalue weighted by atomic mass is 16.5. The second kappa shape index (κ2) is 3.51. The standard InChI is InChI=1S/C11H16O4/c1-2-15-10(14)11(9(12)13)6-7-3-4-8(11)5-7/h7-8H,2-6H2,1H3,(H,12,13). The van der Waals surface area contributed by atoms with Gasteiger partial charge < -0.3 is 9.84 Å². The maximum absolute atomic E-state index is 11.8. The van der Waals surface area contributed by atoms with Crippen molar-refractivity contribution in [2.45, 2.75) is 32.6 Å². The van der Waals surface area contributed by atoms with Crippen LogP contribution in [-0.4, -0.2) is 23.7 Å². The minimum atomic E-state index is -1.22. The molecular formula is C11H16O4. The van der Waals surface area contributed by atoms with E-state index in [1.54, 1.807) is 6.92 Å². The lowest BCUT2D eigenvalue weighted by molar-refractivity contribution is -0.172. The van der Waals surface area contributed by atoms with E-state index in [0.29, 0.717) is 12.3 Å². The Morgan fingerprint density at radius 1 is 1.47 bits per heavy atom. The van der Waals surface area contributed by atoms with Crippen molar-refractivity contribution in [1.29, 1.82) is 0 Å². The molecule has 0 amide bonds. The van der Waals surface area contributed by atoms with Crippen LogP contribution in [0.25, 0.3) is 0 Å². The number of carbonyl (C=O) groups is 2. The molecule has 2 rings (SSSR count). The highest BCUT2D eigenvalue weighted by Crippen LogP contribution is 2.56. The molecule has 4 nitrogen and oxygen atoms in total. The lowest BCUT2D eigenvalue weighted by atomic mass is 9.73. The Labute approximate surface area is 88.6 Å². The largest absolute Gasteiger partial charge is 0.480 e. The van der Waals surface area contributed by atoms with E-state index in [4.69, 9.17) is 4.74 Å². The summed E-state index contributed by atoms with van der Waals surface area (Å²) in [5, 5.41) is 9.28. The van der Waals surface area contributed by atoms with Crippen LogP contribution in [0.5, 0.6) is 0 Å². The Bertz CT molecular complexity index is 299. The minimum Gasteiger partial charge on any atom is -0.480 e. The Balaban J connectivity index is 2.26. The van der Waals surface area contributed by atoms with E-state index in [1.165, 1.54) is 0 Å². The van der Waals surface area contributed by atoms with Gasteiger partial charge in [-0.2, -0.15) is 0 Å². The quantitative estimate of drug-likeness (QED) is 0.568. The van der Waals surface area contributed by atoms with Gasteiger partial charge in [0.1, 0.15) is 0 Å². The van der Waals surface area contributed by atoms with Gasteiger partial charge in [0.25, 0.3) is 0 Å². The second-order valence-electron chi connectivity index (χ2n) is 4.58. The monoisotopic (exact) mass is 212 g/mol. The average Bonchev–Trinajstić information content (AvgIpc) is 2.77. The molecule has 0 spiro atoms. The number of hydrogen-bond acceptors (Lipinski definition) is 3. The molecule has 1 N–H and O–H groups in total. The zero-order chi connectivity index (χ0) is 11.1. The van der Waals surface area contributed by atoms with Crippen LogP contribution in [0, 0.1) is 17.3 Å². The number of carbonyl (C=O) groups excluding carboxylic acids is 1. The van der Waals surface area contributed by atoms with Crippen LogP contribution in [0.15, 0.2) is 0 Å². The van der Waals surface area contributed by atoms with E-state index >= 15 is 0 Å². The molecule has 0 aromatic heterocycles. The first-order valence-electron chi connectivity index (χ1n) is 5.52. The van der Waals surface area contributed by atoms with Crippen molar-refractivity contribution in [3.05, 3.63) is 0 Å². The Hall–Kier alpha value is -1.06. The van der Waals surface area contributed by atoms with Gasteiger partial charge in [-0.25, -0.2) is 0 Å². The summed E-state index contributed by atoms with van der Waals surface area (Å²) in [4.78, 5) is 23.1. The molecule has 2 saturated carbocycles. The molecule has 2 fully saturated rings. The fraction of sp³-hybridized carbons (Fsp3) is 0.818. The summed E-state index contributed by atoms with van der Waals surface area (Å²) in [6.45, 7) is 1.96. The van der Waals surface area contributed by atoms with Crippen LogP contribution in [0.4, 0.5) is 0 Å². The van der Waals surface area contributed by atoms with Crippen LogP contribution >= 0.6 is 0 Å². The molecule has 84 valence electrons. The molecule has 4 heteroatoms. The van der Waals surface area contributed by atoms with Crippen LogP contribution < -0.4 is 0 Å². The zero-order valence-corrected chi connectivity index (χ0v) is 8.86. The van der Waals surface area contributed by atoms with Crippen molar-refractivity contribution in [1.82, 2.24) is 0 Å². The first kappa shape index (κ1) is 10.5. The fourth-order valence-electron chi connectivity index (χ4n) is 3.19. The van der Waals surface area contributed by atoms with Gasteiger partial charge in [-0.15, -0.1) is 0 Å². The third-order valence-electron chi connectivity index (χ3n) is 3.87. The molecule has 15 heavy (non-hydrogen) atoms. The first-order chi connectivity index (χ1) is 7.11. The molecule has 3 unspecified atom stereocenters. The van der Waals surface area contributed by atoms with Crippen molar-refractivity contribution < 1.29 is 19.4 Å². The van der Waals surface area contributed by atoms with Gasteiger partial charge in [0.05, 0.1) is 6.61 Å². The van der Waals surface area contributed by atoms with Crippen LogP contribution in [-0.2, 0) is 14.3 Å². The minimum absolute atomic E-state index is 0.000880. The number of rotatable bonds is 3. The summed E-state index contributed by atoms with van der Waals surface area (Å²) in [5.74, 6) is -1.10. The van der Waals surface area contributed by atoms with Crippen molar-refractivity contribution >= 4 is 11.9 Å². The van der Waals surface area contributed by atoms with Crippen LogP contribution in [0.1, 0.15) is 32.6 Å². The third kappa shape index (κ3) is 1.34. The van der Waals surface area contributed by atoms with Crippen molar-refractivity contribution in [2.75, 3.05) is 6.61 Å². The number of aliphatic carboxylic acids is 1. The predicted octanol–water partition coefficient (Wildman–Crippen LogP) is 1.44. The molecule has 0 aromatic rings. The van der Waals surface area contributed by atoms with E-state index < -0.39 is 17.4 Å². The van der Waals surface area contributed by atoms with Crippen molar-refractivity contribution in [2.24, 2.45) is 17.3 Å². The lowest BCUT2D eigenvalue weighted by Crippen LogP contribution is -2.45. The van der Waals surface area contributed by atoms with Gasteiger partial charge in [-0.1, -0.05) is 6.42 Å². The van der Waals surface area contributed by atoms with E-state index in [-0.39, 0.29) is 12.5 Å². The lowest BCUT2D eigenvalue weighted by Gasteiger charge is -2.30. The number of fused-ring (bicyclic) bond motifs is 2. The Morgan fingerprint density at radius 3 is 2.60 bits per heavy atom. The molecule has 2 bridgehead atoms. The van der Waals surface area contributed by atoms with Gasteiger partial charge in [0, 0.05) is 0 Å². The molecule has 2 aliphatic rings. The molecule has 3 atom stereocenters. The average molecular weight is 212 g/mol. The first-order valence-corrected chi connectivity index (χ1v) is 5.52. The Morgan fingerprint density at radius 2 is 2.20 bits per heavy atom. The van der Waals surface area contributed by atoms with Crippen LogP contribution in [0.3, 0.4) is 0 Å². The second-order valence-corrected chi connectivity index (χ2v) is 4.58. The van der Waals surface area contributed by atoms with Crippen molar-refractivity contribution in [3.63, 3.8) is 0 Å². The zero-order valence-electron chi connectivity index (χ0n) is 8.86. The van der Waals surface area contributed by atoms with E-state index in [0.717, 1.165) is 19.3 Å². The molecule has 0 heterocycles. The van der Waals surface area contributed by atoms with Gasteiger partial charge >= 0.3 is 11.9 Å². The van der Waals surface area contributed by atoms with Gasteiger partial charge in [0.2, 0.25) is 0 Å². The molecule has 0 radical (unpaired) electrons. The number of carboxylic acid groups (broad SMARTS) is 1. The number of hydrogen-bond donors (Lipinski definition) is 1. The Kier molecular flexibility index (Phi) is 2.44. The maximum atomic E-state index is 11.8. The van der Waals surface area contributed by atoms with E-state index in [9.17, 15) is 14.7 Å². The van der Waals surface area contributed by atoms with Gasteiger partial charge in [-0.05, 0) is 38.0 Å². The summed E-state index contributed by atoms with van der Waals surface area (Å²) in [5.41, 5.74) is -1.22. The van der Waals surface area contributed by atoms with Crippen LogP contribution in [0.2, 0.25) is 0 Å². The smallest absolute Gasteiger partial charge is 0.323 e. The fourth-order valence-corrected chi connectivity index (χ4v) is 3.19. The number of carboxylic acids is 1. The summed E-state index contributed by atoms with van der Waals surface area (Å²) in [6, 6.07) is 0. The highest BCUT2D eigenvalue weighted by Gasteiger charge is 2.61. The summed E-state index contributed by atoms with van der Waals surface area (Å²) in [6.07, 6.45) is 3.28. The van der Waals surface area contributed by atoms with Gasteiger partial charge in [-0.3, -0.25) is 9.59 Å². The maximum Gasteiger partial charge on any atom is 0.323 e. The van der Waals surface area contributed by atoms with E-state index in [2.05, 4.69) is 0 Å². The predicted molar refractivity (Wildman–Crippen MR) is 52.1 cm³/mol. The van der Waals surface area contributed by atoms with Gasteiger partial charge in [0.15, 0.2) is 5.41 Å². The molecule has 0 aromatic carbocycles.